The number of aromatic nitrogens is 2. The zero-order chi connectivity index (χ0) is 28.8. The van der Waals surface area contributed by atoms with Gasteiger partial charge < -0.3 is 24.7 Å². The molecule has 1 fully saturated rings. The topological polar surface area (TPSA) is 82.6 Å². The van der Waals surface area contributed by atoms with Gasteiger partial charge in [0.05, 0.1) is 12.6 Å². The highest BCUT2D eigenvalue weighted by molar-refractivity contribution is 5.78. The highest BCUT2D eigenvalue weighted by Gasteiger charge is 2.29. The normalized spacial score (nSPS) is 16.2. The highest BCUT2D eigenvalue weighted by Crippen LogP contribution is 2.31. The Morgan fingerprint density at radius 3 is 2.51 bits per heavy atom. The number of nitrogens with zero attached hydrogens (tertiary/aromatic N) is 3. The molecule has 0 saturated carbocycles. The van der Waals surface area contributed by atoms with Crippen LogP contribution in [0.25, 0.3) is 22.2 Å². The molecule has 1 amide bonds. The Morgan fingerprint density at radius 2 is 1.80 bits per heavy atom. The standard InChI is InChI=1S/C33H39FN4O3/c1-40-19-5-18-38-30-8-3-7-29(34)32(30)36-33(38)26-6-4-17-37(22-26)31(39)21-27(35)20-23-9-11-24(12-10-23)25-13-15-28(41-2)16-14-25/h3,7-16,26-27H,4-6,17-22,35H2,1-2H3/t26-,27-/m1/s1. The molecule has 41 heavy (non-hydrogen) atoms. The second-order valence-corrected chi connectivity index (χ2v) is 10.8. The Hall–Kier alpha value is -3.75. The van der Waals surface area contributed by atoms with Crippen LogP contribution in [0.5, 0.6) is 5.75 Å². The maximum absolute atomic E-state index is 14.6. The van der Waals surface area contributed by atoms with Crippen LogP contribution in [0.1, 0.15) is 43.0 Å². The number of para-hydroxylation sites is 1. The number of carbonyl (C=O) groups excluding carboxylic acids is 1. The quantitative estimate of drug-likeness (QED) is 0.244. The molecule has 2 heterocycles. The molecule has 0 aliphatic carbocycles. The summed E-state index contributed by atoms with van der Waals surface area (Å²) in [5, 5.41) is 0. The first-order valence-corrected chi connectivity index (χ1v) is 14.4. The van der Waals surface area contributed by atoms with Gasteiger partial charge in [0.2, 0.25) is 5.91 Å². The van der Waals surface area contributed by atoms with Gasteiger partial charge in [-0.3, -0.25) is 4.79 Å². The van der Waals surface area contributed by atoms with Crippen molar-refractivity contribution in [2.75, 3.05) is 33.9 Å². The summed E-state index contributed by atoms with van der Waals surface area (Å²) >= 11 is 0. The lowest BCUT2D eigenvalue weighted by molar-refractivity contribution is -0.132. The fourth-order valence-corrected chi connectivity index (χ4v) is 5.80. The van der Waals surface area contributed by atoms with Crippen molar-refractivity contribution in [1.29, 1.82) is 0 Å². The molecule has 0 unspecified atom stereocenters. The van der Waals surface area contributed by atoms with E-state index in [1.54, 1.807) is 20.3 Å². The Kier molecular flexibility index (Phi) is 9.31. The van der Waals surface area contributed by atoms with Crippen molar-refractivity contribution in [2.24, 2.45) is 5.73 Å². The van der Waals surface area contributed by atoms with Crippen LogP contribution >= 0.6 is 0 Å². The van der Waals surface area contributed by atoms with E-state index in [-0.39, 0.29) is 30.1 Å². The van der Waals surface area contributed by atoms with E-state index in [4.69, 9.17) is 20.2 Å². The summed E-state index contributed by atoms with van der Waals surface area (Å²) in [6.07, 6.45) is 3.50. The number of methoxy groups -OCH3 is 2. The molecule has 0 radical (unpaired) electrons. The van der Waals surface area contributed by atoms with Gasteiger partial charge in [-0.25, -0.2) is 9.37 Å². The maximum Gasteiger partial charge on any atom is 0.224 e. The first kappa shape index (κ1) is 28.8. The third-order valence-electron chi connectivity index (χ3n) is 7.94. The third-order valence-corrected chi connectivity index (χ3v) is 7.94. The summed E-state index contributed by atoms with van der Waals surface area (Å²) in [6, 6.07) is 21.1. The van der Waals surface area contributed by atoms with Gasteiger partial charge in [0.1, 0.15) is 17.1 Å². The van der Waals surface area contributed by atoms with Gasteiger partial charge in [-0.05, 0) is 66.6 Å². The molecule has 4 aromatic rings. The van der Waals surface area contributed by atoms with Crippen molar-refractivity contribution in [2.45, 2.75) is 50.6 Å². The van der Waals surface area contributed by atoms with E-state index in [0.717, 1.165) is 53.0 Å². The summed E-state index contributed by atoms with van der Waals surface area (Å²) in [6.45, 7) is 2.58. The molecule has 0 spiro atoms. The van der Waals surface area contributed by atoms with E-state index in [9.17, 15) is 9.18 Å². The molecule has 2 atom stereocenters. The average Bonchev–Trinajstić information content (AvgIpc) is 3.37. The van der Waals surface area contributed by atoms with E-state index >= 15 is 0 Å². The molecule has 3 aromatic carbocycles. The number of likely N-dealkylation sites (tertiary alicyclic amines) is 1. The van der Waals surface area contributed by atoms with Gasteiger partial charge in [0.25, 0.3) is 0 Å². The number of aryl methyl sites for hydroxylation is 1. The number of hydrogen-bond acceptors (Lipinski definition) is 5. The number of ether oxygens (including phenoxy) is 2. The number of carbonyl (C=O) groups is 1. The summed E-state index contributed by atoms with van der Waals surface area (Å²) in [4.78, 5) is 20.0. The van der Waals surface area contributed by atoms with Gasteiger partial charge in [-0.15, -0.1) is 0 Å². The average molecular weight is 559 g/mol. The zero-order valence-corrected chi connectivity index (χ0v) is 23.9. The predicted molar refractivity (Wildman–Crippen MR) is 159 cm³/mol. The van der Waals surface area contributed by atoms with Gasteiger partial charge in [-0.2, -0.15) is 0 Å². The molecule has 1 aliphatic heterocycles. The Bertz CT molecular complexity index is 1450. The smallest absolute Gasteiger partial charge is 0.224 e. The number of benzene rings is 3. The predicted octanol–water partition coefficient (Wildman–Crippen LogP) is 5.55. The fraction of sp³-hybridized carbons (Fsp3) is 0.394. The molecule has 2 N–H and O–H groups in total. The van der Waals surface area contributed by atoms with E-state index in [2.05, 4.69) is 28.8 Å². The molecule has 0 bridgehead atoms. The van der Waals surface area contributed by atoms with Crippen molar-refractivity contribution >= 4 is 16.9 Å². The molecule has 1 aromatic heterocycles. The second kappa shape index (κ2) is 13.3. The number of fused-ring (bicyclic) bond motifs is 1. The number of rotatable bonds is 11. The molecule has 5 rings (SSSR count). The molecule has 216 valence electrons. The summed E-state index contributed by atoms with van der Waals surface area (Å²) in [7, 11) is 3.34. The van der Waals surface area contributed by atoms with Crippen LogP contribution in [0.2, 0.25) is 0 Å². The van der Waals surface area contributed by atoms with E-state index in [1.807, 2.05) is 35.2 Å². The number of hydrogen-bond donors (Lipinski definition) is 1. The minimum absolute atomic E-state index is 0.0452. The van der Waals surface area contributed by atoms with Crippen LogP contribution in [0.4, 0.5) is 4.39 Å². The summed E-state index contributed by atoms with van der Waals surface area (Å²) in [5.41, 5.74) is 11.0. The number of halogens is 1. The van der Waals surface area contributed by atoms with Crippen LogP contribution in [0, 0.1) is 5.82 Å². The van der Waals surface area contributed by atoms with Crippen LogP contribution < -0.4 is 10.5 Å². The fourth-order valence-electron chi connectivity index (χ4n) is 5.80. The van der Waals surface area contributed by atoms with Gasteiger partial charge >= 0.3 is 0 Å². The van der Waals surface area contributed by atoms with Crippen LogP contribution in [-0.2, 0) is 22.5 Å². The number of imidazole rings is 1. The van der Waals surface area contributed by atoms with Crippen LogP contribution in [-0.4, -0.2) is 60.3 Å². The van der Waals surface area contributed by atoms with E-state index < -0.39 is 0 Å². The third kappa shape index (κ3) is 6.77. The largest absolute Gasteiger partial charge is 0.497 e. The molecular weight excluding hydrogens is 519 g/mol. The number of piperidine rings is 1. The SMILES string of the molecule is COCCCn1c([C@@H]2CCCN(C(=O)C[C@H](N)Cc3ccc(-c4ccc(OC)cc4)cc3)C2)nc2c(F)cccc21. The first-order chi connectivity index (χ1) is 20.0. The Labute approximate surface area is 241 Å². The lowest BCUT2D eigenvalue weighted by Crippen LogP contribution is -2.42. The highest BCUT2D eigenvalue weighted by atomic mass is 19.1. The van der Waals surface area contributed by atoms with Crippen LogP contribution in [0.15, 0.2) is 66.7 Å². The number of nitrogens with two attached hydrogens (primary N) is 1. The monoisotopic (exact) mass is 558 g/mol. The summed E-state index contributed by atoms with van der Waals surface area (Å²) in [5.74, 6) is 1.46. The zero-order valence-electron chi connectivity index (χ0n) is 23.9. The van der Waals surface area contributed by atoms with Crippen molar-refractivity contribution < 1.29 is 18.7 Å². The van der Waals surface area contributed by atoms with E-state index in [1.165, 1.54) is 6.07 Å². The lowest BCUT2D eigenvalue weighted by Gasteiger charge is -2.33. The van der Waals surface area contributed by atoms with Gasteiger partial charge in [0.15, 0.2) is 5.82 Å². The Balaban J connectivity index is 1.21. The van der Waals surface area contributed by atoms with Crippen molar-refractivity contribution in [1.82, 2.24) is 14.5 Å². The molecule has 1 aliphatic rings. The van der Waals surface area contributed by atoms with Crippen LogP contribution in [0.3, 0.4) is 0 Å². The maximum atomic E-state index is 14.6. The van der Waals surface area contributed by atoms with Crippen molar-refractivity contribution in [3.05, 3.63) is 83.9 Å². The number of amides is 1. The summed E-state index contributed by atoms with van der Waals surface area (Å²) < 4.78 is 27.2. The van der Waals surface area contributed by atoms with E-state index in [0.29, 0.717) is 38.2 Å². The second-order valence-electron chi connectivity index (χ2n) is 10.8. The molecule has 8 heteroatoms. The minimum Gasteiger partial charge on any atom is -0.497 e. The molecule has 7 nitrogen and oxygen atoms in total. The first-order valence-electron chi connectivity index (χ1n) is 14.4. The molecule has 1 saturated heterocycles. The van der Waals surface area contributed by atoms with Crippen molar-refractivity contribution in [3.63, 3.8) is 0 Å². The lowest BCUT2D eigenvalue weighted by atomic mass is 9.95. The molecular formula is C33H39FN4O3. The van der Waals surface area contributed by atoms with Gasteiger partial charge in [-0.1, -0.05) is 42.5 Å². The van der Waals surface area contributed by atoms with Crippen molar-refractivity contribution in [3.8, 4) is 16.9 Å². The Morgan fingerprint density at radius 1 is 1.07 bits per heavy atom. The minimum atomic E-state index is -0.319. The van der Waals surface area contributed by atoms with Gasteiger partial charge in [0, 0.05) is 51.7 Å².